The quantitative estimate of drug-likeness (QED) is 0.551. The minimum absolute atomic E-state index is 0.195. The summed E-state index contributed by atoms with van der Waals surface area (Å²) in [7, 11) is 0. The largest absolute Gasteiger partial charge is 0.350 e. The van der Waals surface area contributed by atoms with E-state index < -0.39 is 11.8 Å². The summed E-state index contributed by atoms with van der Waals surface area (Å²) in [6.45, 7) is 7.37. The van der Waals surface area contributed by atoms with Crippen LogP contribution in [0.15, 0.2) is 72.4 Å². The fraction of sp³-hybridized carbons (Fsp3) is 0.148. The zero-order chi connectivity index (χ0) is 23.7. The first-order chi connectivity index (χ1) is 15.7. The van der Waals surface area contributed by atoms with Crippen molar-refractivity contribution in [3.63, 3.8) is 0 Å². The van der Waals surface area contributed by atoms with Crippen molar-refractivity contribution in [3.05, 3.63) is 94.7 Å². The minimum atomic E-state index is -0.429. The maximum absolute atomic E-state index is 13.6. The molecule has 3 aromatic rings. The first kappa shape index (κ1) is 22.0. The Kier molecular flexibility index (Phi) is 5.84. The van der Waals surface area contributed by atoms with Crippen molar-refractivity contribution in [2.45, 2.75) is 27.7 Å². The van der Waals surface area contributed by atoms with Gasteiger partial charge in [-0.05, 0) is 79.4 Å². The van der Waals surface area contributed by atoms with Crippen LogP contribution in [0.5, 0.6) is 0 Å². The highest BCUT2D eigenvalue weighted by atomic mass is 16.2. The van der Waals surface area contributed by atoms with E-state index in [-0.39, 0.29) is 11.6 Å². The van der Waals surface area contributed by atoms with Crippen LogP contribution in [0, 0.1) is 20.8 Å². The van der Waals surface area contributed by atoms with Gasteiger partial charge in [-0.1, -0.05) is 30.3 Å². The number of hydrogen-bond acceptors (Lipinski definition) is 4. The Morgan fingerprint density at radius 3 is 2.15 bits per heavy atom. The average Bonchev–Trinajstić information content (AvgIpc) is 3.00. The number of imide groups is 1. The number of carbonyl (C=O) groups excluding carboxylic acids is 3. The van der Waals surface area contributed by atoms with Crippen molar-refractivity contribution in [2.75, 3.05) is 15.5 Å². The van der Waals surface area contributed by atoms with Gasteiger partial charge in [0.15, 0.2) is 0 Å². The van der Waals surface area contributed by atoms with Gasteiger partial charge in [-0.15, -0.1) is 0 Å². The predicted molar refractivity (Wildman–Crippen MR) is 131 cm³/mol. The number of amides is 3. The third-order valence-corrected chi connectivity index (χ3v) is 5.61. The van der Waals surface area contributed by atoms with Crippen molar-refractivity contribution < 1.29 is 14.4 Å². The van der Waals surface area contributed by atoms with Crippen molar-refractivity contribution >= 4 is 40.4 Å². The SMILES string of the molecule is CC(=O)Nc1ccc(N2C(=O)C(Nc3cccc(C)c3)=C(c3ccc(C)c(C)c3)C2=O)cc1. The van der Waals surface area contributed by atoms with Crippen LogP contribution in [0.1, 0.15) is 29.2 Å². The molecule has 1 heterocycles. The lowest BCUT2D eigenvalue weighted by atomic mass is 9.99. The molecule has 6 nitrogen and oxygen atoms in total. The third-order valence-electron chi connectivity index (χ3n) is 5.61. The number of rotatable bonds is 5. The number of nitrogens with zero attached hydrogens (tertiary/aromatic N) is 1. The van der Waals surface area contributed by atoms with Crippen molar-refractivity contribution in [1.82, 2.24) is 0 Å². The molecule has 0 aromatic heterocycles. The highest BCUT2D eigenvalue weighted by molar-refractivity contribution is 6.46. The van der Waals surface area contributed by atoms with Crippen LogP contribution in [-0.2, 0) is 14.4 Å². The Morgan fingerprint density at radius 1 is 0.788 bits per heavy atom. The van der Waals surface area contributed by atoms with Gasteiger partial charge in [0.05, 0.1) is 11.3 Å². The lowest BCUT2D eigenvalue weighted by Crippen LogP contribution is -2.32. The number of nitrogens with one attached hydrogen (secondary N) is 2. The number of aryl methyl sites for hydroxylation is 3. The summed E-state index contributed by atoms with van der Waals surface area (Å²) < 4.78 is 0. The van der Waals surface area contributed by atoms with Crippen molar-refractivity contribution in [2.24, 2.45) is 0 Å². The van der Waals surface area contributed by atoms with E-state index in [1.165, 1.54) is 11.8 Å². The van der Waals surface area contributed by atoms with E-state index in [1.54, 1.807) is 24.3 Å². The normalized spacial score (nSPS) is 13.5. The van der Waals surface area contributed by atoms with Gasteiger partial charge in [-0.25, -0.2) is 4.90 Å². The van der Waals surface area contributed by atoms with Crippen LogP contribution in [0.3, 0.4) is 0 Å². The zero-order valence-electron chi connectivity index (χ0n) is 19.0. The number of anilines is 3. The molecule has 0 saturated carbocycles. The first-order valence-electron chi connectivity index (χ1n) is 10.7. The smallest absolute Gasteiger partial charge is 0.282 e. The second-order valence-corrected chi connectivity index (χ2v) is 8.22. The molecule has 3 aromatic carbocycles. The Bertz CT molecular complexity index is 1310. The summed E-state index contributed by atoms with van der Waals surface area (Å²) in [5, 5.41) is 5.88. The molecule has 0 radical (unpaired) electrons. The minimum Gasteiger partial charge on any atom is -0.350 e. The van der Waals surface area contributed by atoms with Crippen molar-refractivity contribution in [1.29, 1.82) is 0 Å². The van der Waals surface area contributed by atoms with E-state index in [0.717, 1.165) is 22.4 Å². The van der Waals surface area contributed by atoms with Crippen LogP contribution in [0.25, 0.3) is 5.57 Å². The maximum atomic E-state index is 13.6. The highest BCUT2D eigenvalue weighted by Gasteiger charge is 2.40. The van der Waals surface area contributed by atoms with Crippen LogP contribution < -0.4 is 15.5 Å². The van der Waals surface area contributed by atoms with Crippen LogP contribution in [0.4, 0.5) is 17.1 Å². The number of hydrogen-bond donors (Lipinski definition) is 2. The van der Waals surface area contributed by atoms with E-state index in [0.29, 0.717) is 22.5 Å². The summed E-state index contributed by atoms with van der Waals surface area (Å²) in [5.74, 6) is -1.02. The summed E-state index contributed by atoms with van der Waals surface area (Å²) in [6.07, 6.45) is 0. The molecule has 0 aliphatic carbocycles. The van der Waals surface area contributed by atoms with E-state index in [9.17, 15) is 14.4 Å². The highest BCUT2D eigenvalue weighted by Crippen LogP contribution is 2.35. The fourth-order valence-electron chi connectivity index (χ4n) is 3.81. The van der Waals surface area contributed by atoms with Gasteiger partial charge in [0.2, 0.25) is 5.91 Å². The van der Waals surface area contributed by atoms with Gasteiger partial charge >= 0.3 is 0 Å². The molecule has 1 aliphatic heterocycles. The number of benzene rings is 3. The first-order valence-corrected chi connectivity index (χ1v) is 10.7. The predicted octanol–water partition coefficient (Wildman–Crippen LogP) is 4.97. The second kappa shape index (κ2) is 8.74. The molecular weight excluding hydrogens is 414 g/mol. The maximum Gasteiger partial charge on any atom is 0.282 e. The molecule has 0 spiro atoms. The van der Waals surface area contributed by atoms with Gasteiger partial charge in [0.1, 0.15) is 5.70 Å². The molecule has 4 rings (SSSR count). The van der Waals surface area contributed by atoms with E-state index in [4.69, 9.17) is 0 Å². The molecular formula is C27H25N3O3. The molecule has 0 fully saturated rings. The Balaban J connectivity index is 1.78. The molecule has 6 heteroatoms. The fourth-order valence-corrected chi connectivity index (χ4v) is 3.81. The van der Waals surface area contributed by atoms with Crippen LogP contribution in [-0.4, -0.2) is 17.7 Å². The molecule has 2 N–H and O–H groups in total. The summed E-state index contributed by atoms with van der Waals surface area (Å²) in [5.41, 5.74) is 6.18. The average molecular weight is 440 g/mol. The zero-order valence-corrected chi connectivity index (χ0v) is 19.0. The van der Waals surface area contributed by atoms with Gasteiger partial charge in [0.25, 0.3) is 11.8 Å². The third kappa shape index (κ3) is 4.41. The summed E-state index contributed by atoms with van der Waals surface area (Å²) in [6, 6.07) is 20.0. The topological polar surface area (TPSA) is 78.5 Å². The molecule has 1 aliphatic rings. The van der Waals surface area contributed by atoms with Gasteiger partial charge in [-0.3, -0.25) is 14.4 Å². The lowest BCUT2D eigenvalue weighted by molar-refractivity contribution is -0.120. The Hall–Kier alpha value is -4.19. The van der Waals surface area contributed by atoms with E-state index in [1.807, 2.05) is 63.2 Å². The molecule has 3 amide bonds. The van der Waals surface area contributed by atoms with Crippen molar-refractivity contribution in [3.8, 4) is 0 Å². The molecule has 0 bridgehead atoms. The van der Waals surface area contributed by atoms with E-state index in [2.05, 4.69) is 10.6 Å². The standard InChI is InChI=1S/C27H25N3O3/c1-16-6-5-7-22(14-16)29-25-24(20-9-8-17(2)18(3)15-20)26(32)30(27(25)33)23-12-10-21(11-13-23)28-19(4)31/h5-15,29H,1-4H3,(H,28,31). The molecule has 33 heavy (non-hydrogen) atoms. The Morgan fingerprint density at radius 2 is 1.52 bits per heavy atom. The molecule has 0 atom stereocenters. The monoisotopic (exact) mass is 439 g/mol. The summed E-state index contributed by atoms with van der Waals surface area (Å²) in [4.78, 5) is 39.6. The molecule has 0 unspecified atom stereocenters. The van der Waals surface area contributed by atoms with E-state index >= 15 is 0 Å². The number of carbonyl (C=O) groups is 3. The molecule has 166 valence electrons. The van der Waals surface area contributed by atoms with Gasteiger partial charge in [-0.2, -0.15) is 0 Å². The van der Waals surface area contributed by atoms with Gasteiger partial charge < -0.3 is 10.6 Å². The lowest BCUT2D eigenvalue weighted by Gasteiger charge is -2.16. The van der Waals surface area contributed by atoms with Crippen LogP contribution in [0.2, 0.25) is 0 Å². The van der Waals surface area contributed by atoms with Gasteiger partial charge in [0, 0.05) is 18.3 Å². The second-order valence-electron chi connectivity index (χ2n) is 8.22. The Labute approximate surface area is 192 Å². The molecule has 0 saturated heterocycles. The summed E-state index contributed by atoms with van der Waals surface area (Å²) >= 11 is 0. The van der Waals surface area contributed by atoms with Crippen LogP contribution >= 0.6 is 0 Å².